The maximum atomic E-state index is 12.5. The molecule has 0 saturated carbocycles. The van der Waals surface area contributed by atoms with Gasteiger partial charge in [0.25, 0.3) is 0 Å². The van der Waals surface area contributed by atoms with E-state index in [1.54, 1.807) is 0 Å². The molecule has 4 heteroatoms. The van der Waals surface area contributed by atoms with Crippen LogP contribution < -0.4 is 9.47 Å². The zero-order valence-corrected chi connectivity index (χ0v) is 13.0. The van der Waals surface area contributed by atoms with Crippen molar-refractivity contribution in [2.24, 2.45) is 0 Å². The Morgan fingerprint density at radius 3 is 2.57 bits per heavy atom. The second-order valence-electron chi connectivity index (χ2n) is 6.03. The second kappa shape index (κ2) is 5.95. The molecule has 0 saturated heterocycles. The largest absolute Gasteiger partial charge is 0.454 e. The SMILES string of the molecule is O=C(CCc1ccccc1)N1CCc2cc3c(cc2C1)OCO3. The first-order valence-electron chi connectivity index (χ1n) is 8.03. The highest BCUT2D eigenvalue weighted by molar-refractivity contribution is 5.77. The highest BCUT2D eigenvalue weighted by atomic mass is 16.7. The van der Waals surface area contributed by atoms with Crippen LogP contribution in [0.1, 0.15) is 23.1 Å². The lowest BCUT2D eigenvalue weighted by atomic mass is 9.98. The number of hydrogen-bond donors (Lipinski definition) is 0. The van der Waals surface area contributed by atoms with Crippen LogP contribution in [0, 0.1) is 0 Å². The van der Waals surface area contributed by atoms with Gasteiger partial charge in [-0.15, -0.1) is 0 Å². The summed E-state index contributed by atoms with van der Waals surface area (Å²) >= 11 is 0. The molecule has 2 heterocycles. The molecular weight excluding hydrogens is 290 g/mol. The van der Waals surface area contributed by atoms with Gasteiger partial charge in [-0.2, -0.15) is 0 Å². The molecule has 0 aliphatic carbocycles. The van der Waals surface area contributed by atoms with Crippen LogP contribution in [0.2, 0.25) is 0 Å². The van der Waals surface area contributed by atoms with Crippen molar-refractivity contribution >= 4 is 5.91 Å². The van der Waals surface area contributed by atoms with Gasteiger partial charge in [-0.05, 0) is 41.7 Å². The first-order chi connectivity index (χ1) is 11.3. The summed E-state index contributed by atoms with van der Waals surface area (Å²) in [4.78, 5) is 14.4. The molecule has 4 rings (SSSR count). The smallest absolute Gasteiger partial charge is 0.231 e. The molecule has 0 bridgehead atoms. The summed E-state index contributed by atoms with van der Waals surface area (Å²) in [5.41, 5.74) is 3.65. The maximum Gasteiger partial charge on any atom is 0.231 e. The summed E-state index contributed by atoms with van der Waals surface area (Å²) < 4.78 is 10.9. The quantitative estimate of drug-likeness (QED) is 0.875. The number of hydrogen-bond acceptors (Lipinski definition) is 3. The number of nitrogens with zero attached hydrogens (tertiary/aromatic N) is 1. The Balaban J connectivity index is 1.42. The van der Waals surface area contributed by atoms with Crippen molar-refractivity contribution in [2.75, 3.05) is 13.3 Å². The third-order valence-corrected chi connectivity index (χ3v) is 4.53. The van der Waals surface area contributed by atoms with E-state index in [9.17, 15) is 4.79 Å². The van der Waals surface area contributed by atoms with Crippen molar-refractivity contribution in [3.63, 3.8) is 0 Å². The molecule has 118 valence electrons. The van der Waals surface area contributed by atoms with E-state index in [1.165, 1.54) is 16.7 Å². The van der Waals surface area contributed by atoms with Gasteiger partial charge >= 0.3 is 0 Å². The monoisotopic (exact) mass is 309 g/mol. The first kappa shape index (κ1) is 14.1. The van der Waals surface area contributed by atoms with Crippen molar-refractivity contribution in [2.45, 2.75) is 25.8 Å². The van der Waals surface area contributed by atoms with E-state index >= 15 is 0 Å². The van der Waals surface area contributed by atoms with E-state index in [-0.39, 0.29) is 12.7 Å². The van der Waals surface area contributed by atoms with Crippen molar-refractivity contribution in [3.05, 3.63) is 59.2 Å². The Labute approximate surface area is 135 Å². The predicted molar refractivity (Wildman–Crippen MR) is 86.4 cm³/mol. The van der Waals surface area contributed by atoms with Crippen LogP contribution in [0.5, 0.6) is 11.5 Å². The van der Waals surface area contributed by atoms with Gasteiger partial charge in [0.15, 0.2) is 11.5 Å². The van der Waals surface area contributed by atoms with E-state index in [0.717, 1.165) is 30.9 Å². The number of aryl methyl sites for hydroxylation is 1. The van der Waals surface area contributed by atoms with Gasteiger partial charge in [0.2, 0.25) is 12.7 Å². The highest BCUT2D eigenvalue weighted by Gasteiger charge is 2.24. The standard InChI is InChI=1S/C19H19NO3/c21-19(7-6-14-4-2-1-3-5-14)20-9-8-15-10-17-18(23-13-22-17)11-16(15)12-20/h1-5,10-11H,6-9,12-13H2. The number of carbonyl (C=O) groups excluding carboxylic acids is 1. The molecule has 0 radical (unpaired) electrons. The minimum absolute atomic E-state index is 0.220. The second-order valence-corrected chi connectivity index (χ2v) is 6.03. The number of amides is 1. The van der Waals surface area contributed by atoms with Crippen LogP contribution in [0.25, 0.3) is 0 Å². The summed E-state index contributed by atoms with van der Waals surface area (Å²) in [6.07, 6.45) is 2.23. The fourth-order valence-electron chi connectivity index (χ4n) is 3.21. The van der Waals surface area contributed by atoms with Crippen LogP contribution >= 0.6 is 0 Å². The van der Waals surface area contributed by atoms with Crippen molar-refractivity contribution in [3.8, 4) is 11.5 Å². The molecule has 2 aromatic rings. The third kappa shape index (κ3) is 2.89. The Kier molecular flexibility index (Phi) is 3.66. The molecule has 2 aliphatic rings. The fraction of sp³-hybridized carbons (Fsp3) is 0.316. The Morgan fingerprint density at radius 2 is 1.78 bits per heavy atom. The summed E-state index contributed by atoms with van der Waals surface area (Å²) in [5.74, 6) is 1.84. The van der Waals surface area contributed by atoms with Crippen LogP contribution in [0.3, 0.4) is 0 Å². The Hall–Kier alpha value is -2.49. The van der Waals surface area contributed by atoms with Crippen LogP contribution in [-0.4, -0.2) is 24.1 Å². The molecule has 2 aliphatic heterocycles. The van der Waals surface area contributed by atoms with E-state index in [2.05, 4.69) is 18.2 Å². The van der Waals surface area contributed by atoms with Gasteiger partial charge in [0.05, 0.1) is 0 Å². The first-order valence-corrected chi connectivity index (χ1v) is 8.03. The lowest BCUT2D eigenvalue weighted by Gasteiger charge is -2.29. The third-order valence-electron chi connectivity index (χ3n) is 4.53. The van der Waals surface area contributed by atoms with E-state index in [4.69, 9.17) is 9.47 Å². The normalized spacial score (nSPS) is 15.4. The molecule has 0 fully saturated rings. The zero-order valence-electron chi connectivity index (χ0n) is 13.0. The van der Waals surface area contributed by atoms with Crippen molar-refractivity contribution < 1.29 is 14.3 Å². The summed E-state index contributed by atoms with van der Waals surface area (Å²) in [5, 5.41) is 0. The Morgan fingerprint density at radius 1 is 1.04 bits per heavy atom. The molecule has 0 N–H and O–H groups in total. The number of fused-ring (bicyclic) bond motifs is 2. The van der Waals surface area contributed by atoms with Crippen molar-refractivity contribution in [1.29, 1.82) is 0 Å². The lowest BCUT2D eigenvalue weighted by Crippen LogP contribution is -2.36. The minimum Gasteiger partial charge on any atom is -0.454 e. The van der Waals surface area contributed by atoms with Gasteiger partial charge in [0.1, 0.15) is 0 Å². The van der Waals surface area contributed by atoms with Crippen LogP contribution in [0.15, 0.2) is 42.5 Å². The predicted octanol–water partition coefficient (Wildman–Crippen LogP) is 2.93. The van der Waals surface area contributed by atoms with E-state index in [1.807, 2.05) is 29.2 Å². The van der Waals surface area contributed by atoms with E-state index in [0.29, 0.717) is 13.0 Å². The summed E-state index contributed by atoms with van der Waals surface area (Å²) in [7, 11) is 0. The van der Waals surface area contributed by atoms with E-state index < -0.39 is 0 Å². The van der Waals surface area contributed by atoms with Gasteiger partial charge in [-0.1, -0.05) is 30.3 Å². The average molecular weight is 309 g/mol. The number of benzene rings is 2. The zero-order chi connectivity index (χ0) is 15.6. The molecule has 0 aromatic heterocycles. The molecule has 0 atom stereocenters. The number of rotatable bonds is 3. The fourth-order valence-corrected chi connectivity index (χ4v) is 3.21. The molecule has 0 spiro atoms. The minimum atomic E-state index is 0.220. The van der Waals surface area contributed by atoms with Gasteiger partial charge < -0.3 is 14.4 Å². The summed E-state index contributed by atoms with van der Waals surface area (Å²) in [6, 6.07) is 14.2. The lowest BCUT2D eigenvalue weighted by molar-refractivity contribution is -0.132. The van der Waals surface area contributed by atoms with Gasteiger partial charge in [0, 0.05) is 19.5 Å². The van der Waals surface area contributed by atoms with Crippen LogP contribution in [0.4, 0.5) is 0 Å². The molecule has 0 unspecified atom stereocenters. The van der Waals surface area contributed by atoms with Gasteiger partial charge in [-0.3, -0.25) is 4.79 Å². The average Bonchev–Trinajstić information content (AvgIpc) is 3.05. The number of carbonyl (C=O) groups is 1. The number of ether oxygens (including phenoxy) is 2. The van der Waals surface area contributed by atoms with Crippen molar-refractivity contribution in [1.82, 2.24) is 4.90 Å². The maximum absolute atomic E-state index is 12.5. The Bertz CT molecular complexity index is 727. The summed E-state index contributed by atoms with van der Waals surface area (Å²) in [6.45, 7) is 1.73. The molecule has 4 nitrogen and oxygen atoms in total. The van der Waals surface area contributed by atoms with Crippen LogP contribution in [-0.2, 0) is 24.2 Å². The molecule has 1 amide bonds. The molecule has 23 heavy (non-hydrogen) atoms. The molecule has 2 aromatic carbocycles. The molecular formula is C19H19NO3. The topological polar surface area (TPSA) is 38.8 Å². The highest BCUT2D eigenvalue weighted by Crippen LogP contribution is 2.36. The van der Waals surface area contributed by atoms with Gasteiger partial charge in [-0.25, -0.2) is 0 Å².